The van der Waals surface area contributed by atoms with Crippen LogP contribution in [0.2, 0.25) is 0 Å². The summed E-state index contributed by atoms with van der Waals surface area (Å²) in [6.07, 6.45) is 2.39. The summed E-state index contributed by atoms with van der Waals surface area (Å²) in [6.45, 7) is 1.16. The number of hydrogen-bond donors (Lipinski definition) is 0. The highest BCUT2D eigenvalue weighted by Crippen LogP contribution is 2.18. The van der Waals surface area contributed by atoms with Gasteiger partial charge in [0.05, 0.1) is 19.2 Å². The number of carbonyl (C=O) groups excluding carboxylic acids is 2. The molecule has 6 nitrogen and oxygen atoms in total. The van der Waals surface area contributed by atoms with Crippen LogP contribution in [0.25, 0.3) is 0 Å². The van der Waals surface area contributed by atoms with Crippen LogP contribution in [0.4, 0.5) is 0 Å². The molecule has 0 unspecified atom stereocenters. The number of likely N-dealkylation sites (tertiary alicyclic amines) is 1. The number of benzene rings is 1. The third-order valence-corrected chi connectivity index (χ3v) is 3.91. The van der Waals surface area contributed by atoms with E-state index in [1.807, 2.05) is 12.1 Å². The number of carbonyl (C=O) groups is 2. The molecule has 124 valence electrons. The largest absolute Gasteiger partial charge is 0.472 e. The van der Waals surface area contributed by atoms with Crippen molar-refractivity contribution in [1.29, 1.82) is 0 Å². The van der Waals surface area contributed by atoms with Crippen molar-refractivity contribution < 1.29 is 19.1 Å². The number of methoxy groups -OCH3 is 1. The molecule has 3 rings (SSSR count). The number of aromatic nitrogens is 1. The van der Waals surface area contributed by atoms with E-state index in [9.17, 15) is 9.59 Å². The first-order valence-electron chi connectivity index (χ1n) is 7.72. The van der Waals surface area contributed by atoms with Gasteiger partial charge in [-0.2, -0.15) is 0 Å². The van der Waals surface area contributed by atoms with Gasteiger partial charge in [-0.3, -0.25) is 4.79 Å². The van der Waals surface area contributed by atoms with Crippen LogP contribution in [0.1, 0.15) is 27.1 Å². The monoisotopic (exact) mass is 326 g/mol. The Kier molecular flexibility index (Phi) is 4.74. The number of hydrogen-bond acceptors (Lipinski definition) is 5. The molecule has 2 aromatic rings. The lowest BCUT2D eigenvalue weighted by Gasteiger charge is -2.17. The van der Waals surface area contributed by atoms with E-state index in [2.05, 4.69) is 9.72 Å². The standard InChI is InChI=1S/C18H18N2O4/c1-23-18(22)14-7-5-13(6-8-14)17(21)20-11-9-15(12-20)24-16-4-2-3-10-19-16/h2-8,10,15H,9,11-12H2,1H3/t15-/m1/s1. The van der Waals surface area contributed by atoms with Gasteiger partial charge in [0.25, 0.3) is 5.91 Å². The highest BCUT2D eigenvalue weighted by Gasteiger charge is 2.28. The molecule has 1 amide bonds. The topological polar surface area (TPSA) is 68.7 Å². The molecule has 0 saturated carbocycles. The van der Waals surface area contributed by atoms with E-state index in [-0.39, 0.29) is 12.0 Å². The summed E-state index contributed by atoms with van der Waals surface area (Å²) in [7, 11) is 1.33. The Hall–Kier alpha value is -2.89. The minimum atomic E-state index is -0.418. The molecule has 1 aliphatic rings. The predicted molar refractivity (Wildman–Crippen MR) is 87.0 cm³/mol. The third-order valence-electron chi connectivity index (χ3n) is 3.91. The molecule has 1 saturated heterocycles. The van der Waals surface area contributed by atoms with Gasteiger partial charge < -0.3 is 14.4 Å². The van der Waals surface area contributed by atoms with E-state index in [1.165, 1.54) is 7.11 Å². The Labute approximate surface area is 140 Å². The lowest BCUT2D eigenvalue weighted by molar-refractivity contribution is 0.0600. The van der Waals surface area contributed by atoms with Crippen molar-refractivity contribution in [2.24, 2.45) is 0 Å². The Morgan fingerprint density at radius 1 is 1.12 bits per heavy atom. The average molecular weight is 326 g/mol. The molecule has 0 spiro atoms. The fourth-order valence-corrected chi connectivity index (χ4v) is 2.65. The van der Waals surface area contributed by atoms with Gasteiger partial charge in [-0.05, 0) is 30.3 Å². The number of esters is 1. The van der Waals surface area contributed by atoms with E-state index < -0.39 is 5.97 Å². The Bertz CT molecular complexity index is 716. The van der Waals surface area contributed by atoms with E-state index in [0.29, 0.717) is 30.1 Å². The number of amides is 1. The van der Waals surface area contributed by atoms with Gasteiger partial charge >= 0.3 is 5.97 Å². The van der Waals surface area contributed by atoms with E-state index in [1.54, 1.807) is 41.4 Å². The summed E-state index contributed by atoms with van der Waals surface area (Å²) >= 11 is 0. The molecule has 24 heavy (non-hydrogen) atoms. The molecule has 6 heteroatoms. The van der Waals surface area contributed by atoms with Crippen molar-refractivity contribution >= 4 is 11.9 Å². The van der Waals surface area contributed by atoms with E-state index >= 15 is 0 Å². The normalized spacial score (nSPS) is 16.7. The number of ether oxygens (including phenoxy) is 2. The van der Waals surface area contributed by atoms with Gasteiger partial charge in [0.1, 0.15) is 6.10 Å². The van der Waals surface area contributed by atoms with Crippen molar-refractivity contribution in [3.05, 3.63) is 59.8 Å². The molecule has 1 aromatic carbocycles. The summed E-state index contributed by atoms with van der Waals surface area (Å²) in [5.74, 6) is 0.0803. The molecule has 1 aromatic heterocycles. The summed E-state index contributed by atoms with van der Waals surface area (Å²) in [5, 5.41) is 0. The van der Waals surface area contributed by atoms with Crippen molar-refractivity contribution in [2.75, 3.05) is 20.2 Å². The Morgan fingerprint density at radius 2 is 1.88 bits per heavy atom. The van der Waals surface area contributed by atoms with Crippen LogP contribution in [-0.4, -0.2) is 48.1 Å². The molecule has 0 aliphatic carbocycles. The molecule has 1 aliphatic heterocycles. The quantitative estimate of drug-likeness (QED) is 0.805. The molecule has 0 N–H and O–H groups in total. The average Bonchev–Trinajstić information content (AvgIpc) is 3.10. The summed E-state index contributed by atoms with van der Waals surface area (Å²) in [4.78, 5) is 29.8. The number of pyridine rings is 1. The maximum absolute atomic E-state index is 12.5. The maximum Gasteiger partial charge on any atom is 0.337 e. The van der Waals surface area contributed by atoms with Crippen LogP contribution >= 0.6 is 0 Å². The zero-order valence-corrected chi connectivity index (χ0v) is 13.3. The second kappa shape index (κ2) is 7.12. The highest BCUT2D eigenvalue weighted by molar-refractivity contribution is 5.96. The first-order chi connectivity index (χ1) is 11.7. The maximum atomic E-state index is 12.5. The van der Waals surface area contributed by atoms with Gasteiger partial charge in [0, 0.05) is 30.8 Å². The van der Waals surface area contributed by atoms with E-state index in [0.717, 1.165) is 6.42 Å². The number of nitrogens with zero attached hydrogens (tertiary/aromatic N) is 2. The second-order valence-corrected chi connectivity index (χ2v) is 5.52. The Morgan fingerprint density at radius 3 is 2.54 bits per heavy atom. The lowest BCUT2D eigenvalue weighted by atomic mass is 10.1. The Balaban J connectivity index is 1.61. The van der Waals surface area contributed by atoms with Crippen LogP contribution in [0, 0.1) is 0 Å². The molecule has 2 heterocycles. The SMILES string of the molecule is COC(=O)c1ccc(C(=O)N2CC[C@@H](Oc3ccccn3)C2)cc1. The smallest absolute Gasteiger partial charge is 0.337 e. The lowest BCUT2D eigenvalue weighted by Crippen LogP contribution is -2.31. The number of rotatable bonds is 4. The first kappa shape index (κ1) is 16.0. The predicted octanol–water partition coefficient (Wildman–Crippen LogP) is 2.16. The summed E-state index contributed by atoms with van der Waals surface area (Å²) in [6, 6.07) is 12.0. The van der Waals surface area contributed by atoms with Crippen LogP contribution in [0.3, 0.4) is 0 Å². The zero-order chi connectivity index (χ0) is 16.9. The molecule has 1 fully saturated rings. The fraction of sp³-hybridized carbons (Fsp3) is 0.278. The first-order valence-corrected chi connectivity index (χ1v) is 7.72. The van der Waals surface area contributed by atoms with Crippen molar-refractivity contribution in [1.82, 2.24) is 9.88 Å². The van der Waals surface area contributed by atoms with Crippen LogP contribution < -0.4 is 4.74 Å². The second-order valence-electron chi connectivity index (χ2n) is 5.52. The molecule has 1 atom stereocenters. The van der Waals surface area contributed by atoms with Crippen LogP contribution in [-0.2, 0) is 4.74 Å². The van der Waals surface area contributed by atoms with Crippen LogP contribution in [0.15, 0.2) is 48.7 Å². The van der Waals surface area contributed by atoms with Gasteiger partial charge in [0.2, 0.25) is 5.88 Å². The van der Waals surface area contributed by atoms with Crippen LogP contribution in [0.5, 0.6) is 5.88 Å². The van der Waals surface area contributed by atoms with Crippen molar-refractivity contribution in [2.45, 2.75) is 12.5 Å². The van der Waals surface area contributed by atoms with E-state index in [4.69, 9.17) is 4.74 Å². The van der Waals surface area contributed by atoms with Gasteiger partial charge in [0.15, 0.2) is 0 Å². The van der Waals surface area contributed by atoms with Gasteiger partial charge in [-0.15, -0.1) is 0 Å². The van der Waals surface area contributed by atoms with Gasteiger partial charge in [-0.1, -0.05) is 6.07 Å². The highest BCUT2D eigenvalue weighted by atomic mass is 16.5. The fourth-order valence-electron chi connectivity index (χ4n) is 2.65. The molecular formula is C18H18N2O4. The minimum Gasteiger partial charge on any atom is -0.472 e. The minimum absolute atomic E-state index is 0.0572. The van der Waals surface area contributed by atoms with Gasteiger partial charge in [-0.25, -0.2) is 9.78 Å². The van der Waals surface area contributed by atoms with Crippen molar-refractivity contribution in [3.63, 3.8) is 0 Å². The summed E-state index contributed by atoms with van der Waals surface area (Å²) < 4.78 is 10.4. The zero-order valence-electron chi connectivity index (χ0n) is 13.3. The molecule has 0 radical (unpaired) electrons. The molecular weight excluding hydrogens is 308 g/mol. The molecule has 0 bridgehead atoms. The third kappa shape index (κ3) is 3.53. The summed E-state index contributed by atoms with van der Waals surface area (Å²) in [5.41, 5.74) is 0.966. The van der Waals surface area contributed by atoms with Crippen molar-refractivity contribution in [3.8, 4) is 5.88 Å².